The summed E-state index contributed by atoms with van der Waals surface area (Å²) in [5.74, 6) is -1.84. The summed E-state index contributed by atoms with van der Waals surface area (Å²) in [5, 5.41) is 13.8. The van der Waals surface area contributed by atoms with Crippen LogP contribution in [0.3, 0.4) is 0 Å². The van der Waals surface area contributed by atoms with E-state index in [2.05, 4.69) is 5.10 Å². The van der Waals surface area contributed by atoms with Crippen LogP contribution in [-0.2, 0) is 11.3 Å². The Kier molecular flexibility index (Phi) is 4.47. The number of fused-ring (bicyclic) bond motifs is 1. The Labute approximate surface area is 141 Å². The van der Waals surface area contributed by atoms with E-state index in [1.165, 1.54) is 30.0 Å². The minimum absolute atomic E-state index is 0.0662. The standard InChI is InChI=1S/C18H14F2N2O3/c1-25-13-4-5-14-16(6-7-18(23)24)21-22(17(14)9-13)10-11-2-3-12(19)8-15(11)20/h2-9H,10H2,1H3,(H,23,24)/b7-6+. The van der Waals surface area contributed by atoms with Crippen molar-refractivity contribution in [2.24, 2.45) is 0 Å². The average molecular weight is 344 g/mol. The van der Waals surface area contributed by atoms with Crippen LogP contribution >= 0.6 is 0 Å². The molecule has 0 amide bonds. The maximum Gasteiger partial charge on any atom is 0.328 e. The molecule has 0 aliphatic heterocycles. The van der Waals surface area contributed by atoms with Gasteiger partial charge in [0.05, 0.1) is 24.9 Å². The van der Waals surface area contributed by atoms with E-state index < -0.39 is 17.6 Å². The van der Waals surface area contributed by atoms with Crippen LogP contribution in [0.4, 0.5) is 8.78 Å². The van der Waals surface area contributed by atoms with Crippen molar-refractivity contribution in [3.05, 3.63) is 65.4 Å². The maximum atomic E-state index is 13.9. The van der Waals surface area contributed by atoms with Crippen LogP contribution in [0.5, 0.6) is 5.75 Å². The number of carbonyl (C=O) groups is 1. The Morgan fingerprint density at radius 3 is 2.76 bits per heavy atom. The molecule has 0 saturated heterocycles. The molecule has 128 valence electrons. The van der Waals surface area contributed by atoms with Gasteiger partial charge >= 0.3 is 5.97 Å². The monoisotopic (exact) mass is 344 g/mol. The van der Waals surface area contributed by atoms with Crippen molar-refractivity contribution in [3.63, 3.8) is 0 Å². The lowest BCUT2D eigenvalue weighted by Crippen LogP contribution is -2.04. The summed E-state index contributed by atoms with van der Waals surface area (Å²) >= 11 is 0. The molecule has 3 aromatic rings. The number of nitrogens with zero attached hydrogens (tertiary/aromatic N) is 2. The third-order valence-electron chi connectivity index (χ3n) is 3.71. The summed E-state index contributed by atoms with van der Waals surface area (Å²) in [7, 11) is 1.52. The normalized spacial score (nSPS) is 11.3. The molecule has 1 heterocycles. The number of carboxylic acids is 1. The molecule has 3 rings (SSSR count). The molecule has 1 N–H and O–H groups in total. The quantitative estimate of drug-likeness (QED) is 0.720. The lowest BCUT2D eigenvalue weighted by Gasteiger charge is -2.06. The van der Waals surface area contributed by atoms with E-state index in [-0.39, 0.29) is 12.1 Å². The van der Waals surface area contributed by atoms with Crippen molar-refractivity contribution < 1.29 is 23.4 Å². The highest BCUT2D eigenvalue weighted by Gasteiger charge is 2.13. The molecule has 1 aromatic heterocycles. The minimum Gasteiger partial charge on any atom is -0.497 e. The zero-order valence-corrected chi connectivity index (χ0v) is 13.2. The van der Waals surface area contributed by atoms with Gasteiger partial charge in [0.2, 0.25) is 0 Å². The molecule has 0 bridgehead atoms. The van der Waals surface area contributed by atoms with Gasteiger partial charge in [-0.25, -0.2) is 13.6 Å². The van der Waals surface area contributed by atoms with Gasteiger partial charge < -0.3 is 9.84 Å². The number of benzene rings is 2. The number of aliphatic carboxylic acids is 1. The molecule has 25 heavy (non-hydrogen) atoms. The second-order valence-electron chi connectivity index (χ2n) is 5.33. The topological polar surface area (TPSA) is 64.3 Å². The van der Waals surface area contributed by atoms with Crippen molar-refractivity contribution in [1.29, 1.82) is 0 Å². The number of halogens is 2. The number of hydrogen-bond acceptors (Lipinski definition) is 3. The Balaban J connectivity index is 2.10. The minimum atomic E-state index is -1.10. The maximum absolute atomic E-state index is 13.9. The van der Waals surface area contributed by atoms with Crippen LogP contribution in [0.25, 0.3) is 17.0 Å². The Hall–Kier alpha value is -3.22. The number of aromatic nitrogens is 2. The number of carboxylic acid groups (broad SMARTS) is 1. The smallest absolute Gasteiger partial charge is 0.328 e. The van der Waals surface area contributed by atoms with Gasteiger partial charge in [0, 0.05) is 29.2 Å². The summed E-state index contributed by atoms with van der Waals surface area (Å²) < 4.78 is 33.7. The number of hydrogen-bond donors (Lipinski definition) is 1. The molecular weight excluding hydrogens is 330 g/mol. The van der Waals surface area contributed by atoms with Gasteiger partial charge in [-0.2, -0.15) is 5.10 Å². The zero-order valence-electron chi connectivity index (χ0n) is 13.2. The Morgan fingerprint density at radius 2 is 2.08 bits per heavy atom. The summed E-state index contributed by atoms with van der Waals surface area (Å²) in [6.45, 7) is 0.0662. The molecule has 0 radical (unpaired) electrons. The van der Waals surface area contributed by atoms with Crippen molar-refractivity contribution in [3.8, 4) is 5.75 Å². The molecule has 0 atom stereocenters. The molecule has 0 saturated carbocycles. The first-order chi connectivity index (χ1) is 12.0. The first-order valence-corrected chi connectivity index (χ1v) is 7.37. The van der Waals surface area contributed by atoms with Crippen molar-refractivity contribution in [2.45, 2.75) is 6.54 Å². The molecule has 2 aromatic carbocycles. The predicted molar refractivity (Wildman–Crippen MR) is 88.4 cm³/mol. The highest BCUT2D eigenvalue weighted by Crippen LogP contribution is 2.26. The van der Waals surface area contributed by atoms with Crippen LogP contribution in [0, 0.1) is 11.6 Å². The van der Waals surface area contributed by atoms with Gasteiger partial charge in [-0.1, -0.05) is 6.07 Å². The Bertz CT molecular complexity index is 980. The highest BCUT2D eigenvalue weighted by atomic mass is 19.1. The van der Waals surface area contributed by atoms with Crippen molar-refractivity contribution >= 4 is 22.9 Å². The van der Waals surface area contributed by atoms with Gasteiger partial charge in [0.1, 0.15) is 17.4 Å². The van der Waals surface area contributed by atoms with E-state index in [9.17, 15) is 13.6 Å². The summed E-state index contributed by atoms with van der Waals surface area (Å²) in [6, 6.07) is 8.54. The SMILES string of the molecule is COc1ccc2c(/C=C/C(=O)O)nn(Cc3ccc(F)cc3F)c2c1. The fraction of sp³-hybridized carbons (Fsp3) is 0.111. The van der Waals surface area contributed by atoms with E-state index in [0.29, 0.717) is 22.3 Å². The molecule has 0 unspecified atom stereocenters. The molecule has 0 spiro atoms. The van der Waals surface area contributed by atoms with Gasteiger partial charge in [0.25, 0.3) is 0 Å². The lowest BCUT2D eigenvalue weighted by atomic mass is 10.1. The average Bonchev–Trinajstić information content (AvgIpc) is 2.92. The third kappa shape index (κ3) is 3.50. The van der Waals surface area contributed by atoms with Crippen molar-refractivity contribution in [2.75, 3.05) is 7.11 Å². The van der Waals surface area contributed by atoms with Crippen LogP contribution in [0.1, 0.15) is 11.3 Å². The molecular formula is C18H14F2N2O3. The lowest BCUT2D eigenvalue weighted by molar-refractivity contribution is -0.131. The fourth-order valence-corrected chi connectivity index (χ4v) is 2.51. The first kappa shape index (κ1) is 16.6. The van der Waals surface area contributed by atoms with Crippen LogP contribution in [-0.4, -0.2) is 28.0 Å². The van der Waals surface area contributed by atoms with Crippen molar-refractivity contribution in [1.82, 2.24) is 9.78 Å². The molecule has 0 aliphatic carbocycles. The van der Waals surface area contributed by atoms with Gasteiger partial charge in [-0.3, -0.25) is 4.68 Å². The highest BCUT2D eigenvalue weighted by molar-refractivity contribution is 5.92. The van der Waals surface area contributed by atoms with E-state index >= 15 is 0 Å². The molecule has 7 heteroatoms. The van der Waals surface area contributed by atoms with Crippen LogP contribution in [0.15, 0.2) is 42.5 Å². The summed E-state index contributed by atoms with van der Waals surface area (Å²) in [5.41, 5.74) is 1.35. The number of methoxy groups -OCH3 is 1. The van der Waals surface area contributed by atoms with Gasteiger partial charge in [-0.15, -0.1) is 0 Å². The van der Waals surface area contributed by atoms with E-state index in [1.807, 2.05) is 0 Å². The molecule has 5 nitrogen and oxygen atoms in total. The second-order valence-corrected chi connectivity index (χ2v) is 5.33. The van der Waals surface area contributed by atoms with E-state index in [0.717, 1.165) is 12.1 Å². The van der Waals surface area contributed by atoms with Crippen LogP contribution in [0.2, 0.25) is 0 Å². The predicted octanol–water partition coefficient (Wildman–Crippen LogP) is 3.47. The van der Waals surface area contributed by atoms with Gasteiger partial charge in [0.15, 0.2) is 0 Å². The molecule has 0 fully saturated rings. The molecule has 0 aliphatic rings. The summed E-state index contributed by atoms with van der Waals surface area (Å²) in [4.78, 5) is 10.8. The largest absolute Gasteiger partial charge is 0.497 e. The number of rotatable bonds is 5. The van der Waals surface area contributed by atoms with Crippen LogP contribution < -0.4 is 4.74 Å². The first-order valence-electron chi connectivity index (χ1n) is 7.37. The third-order valence-corrected chi connectivity index (χ3v) is 3.71. The van der Waals surface area contributed by atoms with E-state index in [4.69, 9.17) is 9.84 Å². The fourth-order valence-electron chi connectivity index (χ4n) is 2.51. The second kappa shape index (κ2) is 6.72. The zero-order chi connectivity index (χ0) is 18.0. The Morgan fingerprint density at radius 1 is 1.28 bits per heavy atom. The number of ether oxygens (including phenoxy) is 1. The van der Waals surface area contributed by atoms with E-state index in [1.54, 1.807) is 18.2 Å². The van der Waals surface area contributed by atoms with Gasteiger partial charge in [-0.05, 0) is 24.3 Å². The summed E-state index contributed by atoms with van der Waals surface area (Å²) in [6.07, 6.45) is 2.35.